The number of carbonyl (C=O) groups is 2. The van der Waals surface area contributed by atoms with E-state index in [1.165, 1.54) is 6.20 Å². The molecule has 6 heteroatoms. The number of pyridine rings is 1. The Labute approximate surface area is 146 Å². The Bertz CT molecular complexity index is 764. The van der Waals surface area contributed by atoms with Crippen LogP contribution in [0.3, 0.4) is 0 Å². The lowest BCUT2D eigenvalue weighted by atomic mass is 10.1. The smallest absolute Gasteiger partial charge is 0.229 e. The number of hydrogen-bond donors (Lipinski definition) is 2. The van der Waals surface area contributed by atoms with Gasteiger partial charge in [-0.05, 0) is 18.6 Å². The Morgan fingerprint density at radius 2 is 2.12 bits per heavy atom. The molecule has 2 N–H and O–H groups in total. The van der Waals surface area contributed by atoms with Crippen LogP contribution >= 0.6 is 0 Å². The highest BCUT2D eigenvalue weighted by Crippen LogP contribution is 2.29. The topological polar surface area (TPSA) is 82.5 Å². The summed E-state index contributed by atoms with van der Waals surface area (Å²) in [6, 6.07) is 11.4. The van der Waals surface area contributed by atoms with Crippen LogP contribution in [-0.2, 0) is 16.2 Å². The third-order valence-electron chi connectivity index (χ3n) is 4.62. The largest absolute Gasteiger partial charge is 0.392 e. The predicted molar refractivity (Wildman–Crippen MR) is 93.5 cm³/mol. The summed E-state index contributed by atoms with van der Waals surface area (Å²) in [7, 11) is 0. The standard InChI is InChI=1S/C19H21N3O3/c1-13(14-5-3-2-4-6-14)22-11-16(9-18(22)24)19(25)21-17-10-20-8-7-15(17)12-23/h2-8,10,13,16,23H,9,11-12H2,1H3,(H,21,25). The van der Waals surface area contributed by atoms with Gasteiger partial charge in [-0.1, -0.05) is 30.3 Å². The van der Waals surface area contributed by atoms with Crippen molar-refractivity contribution in [2.24, 2.45) is 5.92 Å². The lowest BCUT2D eigenvalue weighted by Gasteiger charge is -2.25. The predicted octanol–water partition coefficient (Wildman–Crippen LogP) is 2.12. The van der Waals surface area contributed by atoms with Gasteiger partial charge in [0.2, 0.25) is 11.8 Å². The number of benzene rings is 1. The molecular formula is C19H21N3O3. The lowest BCUT2D eigenvalue weighted by molar-refractivity contribution is -0.129. The highest BCUT2D eigenvalue weighted by Gasteiger charge is 2.37. The first-order valence-electron chi connectivity index (χ1n) is 8.29. The molecule has 0 spiro atoms. The minimum absolute atomic E-state index is 0.0231. The van der Waals surface area contributed by atoms with E-state index in [-0.39, 0.29) is 30.9 Å². The van der Waals surface area contributed by atoms with Crippen LogP contribution in [0.4, 0.5) is 5.69 Å². The Morgan fingerprint density at radius 3 is 2.84 bits per heavy atom. The average molecular weight is 339 g/mol. The number of anilines is 1. The molecule has 2 unspecified atom stereocenters. The number of aliphatic hydroxyl groups excluding tert-OH is 1. The summed E-state index contributed by atoms with van der Waals surface area (Å²) >= 11 is 0. The van der Waals surface area contributed by atoms with Crippen LogP contribution < -0.4 is 5.32 Å². The van der Waals surface area contributed by atoms with Crippen molar-refractivity contribution in [3.05, 3.63) is 59.9 Å². The third kappa shape index (κ3) is 3.69. The second-order valence-electron chi connectivity index (χ2n) is 6.21. The number of carbonyl (C=O) groups excluding carboxylic acids is 2. The van der Waals surface area contributed by atoms with Crippen LogP contribution in [0.15, 0.2) is 48.8 Å². The summed E-state index contributed by atoms with van der Waals surface area (Å²) in [6.45, 7) is 2.17. The summed E-state index contributed by atoms with van der Waals surface area (Å²) < 4.78 is 0. The number of aromatic nitrogens is 1. The molecule has 1 saturated heterocycles. The molecule has 2 aromatic rings. The summed E-state index contributed by atoms with van der Waals surface area (Å²) in [5.74, 6) is -0.658. The van der Waals surface area contributed by atoms with Crippen molar-refractivity contribution in [3.63, 3.8) is 0 Å². The second-order valence-corrected chi connectivity index (χ2v) is 6.21. The molecule has 6 nitrogen and oxygen atoms in total. The van der Waals surface area contributed by atoms with Gasteiger partial charge in [0.25, 0.3) is 0 Å². The van der Waals surface area contributed by atoms with Gasteiger partial charge in [0.05, 0.1) is 30.5 Å². The van der Waals surface area contributed by atoms with Gasteiger partial charge >= 0.3 is 0 Å². The van der Waals surface area contributed by atoms with E-state index in [0.717, 1.165) is 5.56 Å². The van der Waals surface area contributed by atoms with Gasteiger partial charge in [0.1, 0.15) is 0 Å². The SMILES string of the molecule is CC(c1ccccc1)N1CC(C(=O)Nc2cnccc2CO)CC1=O. The molecule has 2 atom stereocenters. The molecule has 0 bridgehead atoms. The maximum Gasteiger partial charge on any atom is 0.229 e. The monoisotopic (exact) mass is 339 g/mol. The van der Waals surface area contributed by atoms with Gasteiger partial charge in [0, 0.05) is 24.7 Å². The van der Waals surface area contributed by atoms with Crippen molar-refractivity contribution >= 4 is 17.5 Å². The maximum atomic E-state index is 12.5. The second kappa shape index (κ2) is 7.44. The van der Waals surface area contributed by atoms with E-state index in [0.29, 0.717) is 17.8 Å². The fraction of sp³-hybridized carbons (Fsp3) is 0.316. The van der Waals surface area contributed by atoms with Crippen LogP contribution in [0.2, 0.25) is 0 Å². The molecule has 0 radical (unpaired) electrons. The Kier molecular flexibility index (Phi) is 5.09. The van der Waals surface area contributed by atoms with E-state index in [9.17, 15) is 14.7 Å². The Morgan fingerprint density at radius 1 is 1.36 bits per heavy atom. The summed E-state index contributed by atoms with van der Waals surface area (Å²) in [5.41, 5.74) is 2.13. The third-order valence-corrected chi connectivity index (χ3v) is 4.62. The molecule has 2 heterocycles. The first-order chi connectivity index (χ1) is 12.1. The minimum atomic E-state index is -0.412. The van der Waals surface area contributed by atoms with Gasteiger partial charge in [-0.25, -0.2) is 0 Å². The van der Waals surface area contributed by atoms with Crippen molar-refractivity contribution in [1.82, 2.24) is 9.88 Å². The van der Waals surface area contributed by atoms with Crippen molar-refractivity contribution < 1.29 is 14.7 Å². The van der Waals surface area contributed by atoms with Gasteiger partial charge < -0.3 is 15.3 Å². The van der Waals surface area contributed by atoms with Crippen molar-refractivity contribution in [2.45, 2.75) is 26.0 Å². The molecule has 1 aliphatic rings. The van der Waals surface area contributed by atoms with E-state index < -0.39 is 5.92 Å². The molecule has 25 heavy (non-hydrogen) atoms. The number of amides is 2. The molecule has 1 aromatic carbocycles. The zero-order chi connectivity index (χ0) is 17.8. The van der Waals surface area contributed by atoms with E-state index in [1.807, 2.05) is 37.3 Å². The molecule has 1 aromatic heterocycles. The zero-order valence-corrected chi connectivity index (χ0v) is 14.1. The van der Waals surface area contributed by atoms with Crippen LogP contribution in [0, 0.1) is 5.92 Å². The van der Waals surface area contributed by atoms with E-state index in [4.69, 9.17) is 0 Å². The summed E-state index contributed by atoms with van der Waals surface area (Å²) in [5, 5.41) is 12.1. The van der Waals surface area contributed by atoms with Crippen molar-refractivity contribution in [2.75, 3.05) is 11.9 Å². The average Bonchev–Trinajstić information content (AvgIpc) is 3.04. The fourth-order valence-electron chi connectivity index (χ4n) is 3.10. The molecule has 0 saturated carbocycles. The van der Waals surface area contributed by atoms with E-state index in [1.54, 1.807) is 17.2 Å². The lowest BCUT2D eigenvalue weighted by Crippen LogP contribution is -2.30. The fourth-order valence-corrected chi connectivity index (χ4v) is 3.10. The van der Waals surface area contributed by atoms with E-state index >= 15 is 0 Å². The molecule has 1 fully saturated rings. The first-order valence-corrected chi connectivity index (χ1v) is 8.29. The Hall–Kier alpha value is -2.73. The van der Waals surface area contributed by atoms with Gasteiger partial charge in [-0.2, -0.15) is 0 Å². The van der Waals surface area contributed by atoms with Gasteiger partial charge in [-0.15, -0.1) is 0 Å². The number of nitrogens with one attached hydrogen (secondary N) is 1. The van der Waals surface area contributed by atoms with Gasteiger partial charge in [0.15, 0.2) is 0 Å². The number of rotatable bonds is 5. The summed E-state index contributed by atoms with van der Waals surface area (Å²) in [4.78, 5) is 30.6. The number of hydrogen-bond acceptors (Lipinski definition) is 4. The molecule has 3 rings (SSSR count). The first kappa shape index (κ1) is 17.1. The highest BCUT2D eigenvalue weighted by molar-refractivity contribution is 5.97. The number of aliphatic hydroxyl groups is 1. The van der Waals surface area contributed by atoms with Crippen LogP contribution in [0.5, 0.6) is 0 Å². The van der Waals surface area contributed by atoms with Crippen LogP contribution in [0.25, 0.3) is 0 Å². The number of nitrogens with zero attached hydrogens (tertiary/aromatic N) is 2. The molecule has 2 amide bonds. The maximum absolute atomic E-state index is 12.5. The minimum Gasteiger partial charge on any atom is -0.392 e. The number of likely N-dealkylation sites (tertiary alicyclic amines) is 1. The van der Waals surface area contributed by atoms with Crippen molar-refractivity contribution in [3.8, 4) is 0 Å². The molecular weight excluding hydrogens is 318 g/mol. The normalized spacial score (nSPS) is 18.2. The molecule has 0 aliphatic carbocycles. The van der Waals surface area contributed by atoms with Crippen LogP contribution in [-0.4, -0.2) is 33.3 Å². The highest BCUT2D eigenvalue weighted by atomic mass is 16.3. The zero-order valence-electron chi connectivity index (χ0n) is 14.1. The van der Waals surface area contributed by atoms with E-state index in [2.05, 4.69) is 10.3 Å². The molecule has 130 valence electrons. The van der Waals surface area contributed by atoms with Crippen LogP contribution in [0.1, 0.15) is 30.5 Å². The van der Waals surface area contributed by atoms with Gasteiger partial charge in [-0.3, -0.25) is 14.6 Å². The van der Waals surface area contributed by atoms with Crippen molar-refractivity contribution in [1.29, 1.82) is 0 Å². The quantitative estimate of drug-likeness (QED) is 0.874. The summed E-state index contributed by atoms with van der Waals surface area (Å²) in [6.07, 6.45) is 3.26. The Balaban J connectivity index is 1.68. The molecule has 1 aliphatic heterocycles.